The van der Waals surface area contributed by atoms with Gasteiger partial charge in [0.2, 0.25) is 0 Å². The second-order valence-electron chi connectivity index (χ2n) is 8.67. The molecule has 3 aromatic rings. The van der Waals surface area contributed by atoms with Gasteiger partial charge in [0.15, 0.2) is 0 Å². The molecular weight excluding hydrogens is 549 g/mol. The number of nitrogens with one attached hydrogen (secondary N) is 1. The first-order valence-electron chi connectivity index (χ1n) is 11.1. The molecule has 0 atom stereocenters. The van der Waals surface area contributed by atoms with Crippen molar-refractivity contribution in [2.75, 3.05) is 9.62 Å². The highest BCUT2D eigenvalue weighted by Gasteiger charge is 2.65. The van der Waals surface area contributed by atoms with Crippen LogP contribution in [0.5, 0.6) is 5.75 Å². The lowest BCUT2D eigenvalue weighted by molar-refractivity contribution is -0.274. The van der Waals surface area contributed by atoms with Crippen LogP contribution < -0.4 is 14.4 Å². The van der Waals surface area contributed by atoms with E-state index in [0.717, 1.165) is 17.0 Å². The molecule has 38 heavy (non-hydrogen) atoms. The summed E-state index contributed by atoms with van der Waals surface area (Å²) in [7, 11) is -4.02. The summed E-state index contributed by atoms with van der Waals surface area (Å²) in [6.45, 7) is -0.114. The van der Waals surface area contributed by atoms with Gasteiger partial charge in [-0.15, -0.1) is 13.2 Å². The Hall–Kier alpha value is -3.84. The average Bonchev–Trinajstić information content (AvgIpc) is 3.62. The van der Waals surface area contributed by atoms with Gasteiger partial charge < -0.3 is 9.64 Å². The fourth-order valence-electron chi connectivity index (χ4n) is 4.20. The molecule has 0 unspecified atom stereocenters. The van der Waals surface area contributed by atoms with Crippen LogP contribution in [-0.4, -0.2) is 42.1 Å². The maximum absolute atomic E-state index is 13.4. The van der Waals surface area contributed by atoms with E-state index in [9.17, 15) is 31.2 Å². The van der Waals surface area contributed by atoms with Crippen molar-refractivity contribution in [2.45, 2.75) is 36.2 Å². The second-order valence-corrected chi connectivity index (χ2v) is 10.8. The Balaban J connectivity index is 1.40. The first-order chi connectivity index (χ1) is 17.9. The van der Waals surface area contributed by atoms with Gasteiger partial charge in [-0.2, -0.15) is 0 Å². The Morgan fingerprint density at radius 1 is 1.03 bits per heavy atom. The van der Waals surface area contributed by atoms with Crippen molar-refractivity contribution in [2.24, 2.45) is 0 Å². The zero-order valence-electron chi connectivity index (χ0n) is 19.3. The van der Waals surface area contributed by atoms with Gasteiger partial charge in [0.1, 0.15) is 11.3 Å². The summed E-state index contributed by atoms with van der Waals surface area (Å²) in [5.41, 5.74) is -0.526. The molecule has 198 valence electrons. The van der Waals surface area contributed by atoms with Crippen molar-refractivity contribution in [3.05, 3.63) is 77.6 Å². The van der Waals surface area contributed by atoms with Gasteiger partial charge in [-0.05, 0) is 73.0 Å². The zero-order chi connectivity index (χ0) is 27.3. The van der Waals surface area contributed by atoms with E-state index in [1.165, 1.54) is 59.8 Å². The number of halogens is 4. The molecule has 2 heterocycles. The van der Waals surface area contributed by atoms with Crippen LogP contribution in [0.4, 0.5) is 29.3 Å². The van der Waals surface area contributed by atoms with Gasteiger partial charge in [0.25, 0.3) is 15.9 Å². The maximum Gasteiger partial charge on any atom is 0.573 e. The molecule has 9 nitrogen and oxygen atoms in total. The van der Waals surface area contributed by atoms with E-state index in [1.807, 2.05) is 0 Å². The Morgan fingerprint density at radius 2 is 1.68 bits per heavy atom. The summed E-state index contributed by atoms with van der Waals surface area (Å²) in [6, 6.07) is 10.8. The number of aromatic nitrogens is 1. The molecular formula is C24H18ClF3N4O5S. The maximum atomic E-state index is 13.4. The molecule has 0 bridgehead atoms. The first-order valence-corrected chi connectivity index (χ1v) is 13.0. The van der Waals surface area contributed by atoms with Crippen molar-refractivity contribution in [3.8, 4) is 5.75 Å². The number of hydrogen-bond donors (Lipinski definition) is 1. The minimum atomic E-state index is -4.88. The number of nitrogens with zero attached hydrogens (tertiary/aromatic N) is 3. The Labute approximate surface area is 219 Å². The standard InChI is InChI=1S/C24H18ClF3N4O5S/c25-16-1-7-19(8-2-16)38(35,36)30-20-13-29-12-9-15(20)14-31-22(34)32(21(33)23(31)10-11-23)17-3-5-18(6-4-17)37-24(26,27)28/h1-9,12-13,30H,10-11,14H2. The van der Waals surface area contributed by atoms with Crippen molar-refractivity contribution in [1.29, 1.82) is 0 Å². The van der Waals surface area contributed by atoms with Crippen LogP contribution in [0, 0.1) is 0 Å². The number of amides is 3. The molecule has 1 spiro atoms. The van der Waals surface area contributed by atoms with Crippen LogP contribution in [0.3, 0.4) is 0 Å². The molecule has 3 amide bonds. The first kappa shape index (κ1) is 25.8. The van der Waals surface area contributed by atoms with Gasteiger partial charge in [0.05, 0.1) is 29.0 Å². The SMILES string of the molecule is O=C1N(c2ccc(OC(F)(F)F)cc2)C(=O)C2(CC2)N1Cc1ccncc1NS(=O)(=O)c1ccc(Cl)cc1. The fourth-order valence-corrected chi connectivity index (χ4v) is 5.41. The lowest BCUT2D eigenvalue weighted by Crippen LogP contribution is -2.36. The minimum Gasteiger partial charge on any atom is -0.406 e. The van der Waals surface area contributed by atoms with Crippen LogP contribution in [0.15, 0.2) is 71.9 Å². The van der Waals surface area contributed by atoms with E-state index >= 15 is 0 Å². The quantitative estimate of drug-likeness (QED) is 0.406. The lowest BCUT2D eigenvalue weighted by Gasteiger charge is -2.23. The zero-order valence-corrected chi connectivity index (χ0v) is 20.8. The van der Waals surface area contributed by atoms with E-state index in [-0.39, 0.29) is 22.8 Å². The van der Waals surface area contributed by atoms with Gasteiger partial charge in [-0.1, -0.05) is 11.6 Å². The molecule has 1 N–H and O–H groups in total. The molecule has 14 heteroatoms. The van der Waals surface area contributed by atoms with E-state index < -0.39 is 39.6 Å². The van der Waals surface area contributed by atoms with E-state index in [1.54, 1.807) is 0 Å². The van der Waals surface area contributed by atoms with Gasteiger partial charge >= 0.3 is 12.4 Å². The summed E-state index contributed by atoms with van der Waals surface area (Å²) in [5.74, 6) is -1.00. The predicted octanol–water partition coefficient (Wildman–Crippen LogP) is 4.94. The molecule has 1 aromatic heterocycles. The highest BCUT2D eigenvalue weighted by atomic mass is 35.5. The molecule has 2 fully saturated rings. The number of anilines is 2. The fraction of sp³-hybridized carbons (Fsp3) is 0.208. The molecule has 1 aliphatic carbocycles. The number of pyridine rings is 1. The molecule has 0 radical (unpaired) electrons. The van der Waals surface area contributed by atoms with Crippen LogP contribution >= 0.6 is 11.6 Å². The van der Waals surface area contributed by atoms with Crippen LogP contribution in [0.2, 0.25) is 5.02 Å². The third-order valence-electron chi connectivity index (χ3n) is 6.20. The minimum absolute atomic E-state index is 0.0353. The molecule has 2 aliphatic rings. The number of alkyl halides is 3. The molecule has 1 saturated carbocycles. The number of rotatable bonds is 7. The molecule has 1 aliphatic heterocycles. The van der Waals surface area contributed by atoms with Crippen molar-refractivity contribution in [1.82, 2.24) is 9.88 Å². The van der Waals surface area contributed by atoms with Crippen molar-refractivity contribution in [3.63, 3.8) is 0 Å². The highest BCUT2D eigenvalue weighted by Crippen LogP contribution is 2.50. The summed E-state index contributed by atoms with van der Waals surface area (Å²) in [5, 5.41) is 0.366. The summed E-state index contributed by atoms with van der Waals surface area (Å²) < 4.78 is 69.6. The average molecular weight is 567 g/mol. The predicted molar refractivity (Wildman–Crippen MR) is 130 cm³/mol. The van der Waals surface area contributed by atoms with Crippen LogP contribution in [0.1, 0.15) is 18.4 Å². The Kier molecular flexibility index (Phi) is 6.22. The molecule has 2 aromatic carbocycles. The number of urea groups is 1. The topological polar surface area (TPSA) is 109 Å². The van der Waals surface area contributed by atoms with Crippen molar-refractivity contribution >= 4 is 44.9 Å². The number of sulfonamides is 1. The Bertz CT molecular complexity index is 1510. The summed E-state index contributed by atoms with van der Waals surface area (Å²) in [4.78, 5) is 32.8. The Morgan fingerprint density at radius 3 is 2.29 bits per heavy atom. The second kappa shape index (κ2) is 9.17. The van der Waals surface area contributed by atoms with Gasteiger partial charge in [-0.3, -0.25) is 14.5 Å². The third kappa shape index (κ3) is 4.86. The number of ether oxygens (including phenoxy) is 1. The highest BCUT2D eigenvalue weighted by molar-refractivity contribution is 7.92. The smallest absolute Gasteiger partial charge is 0.406 e. The van der Waals surface area contributed by atoms with E-state index in [4.69, 9.17) is 11.6 Å². The number of benzene rings is 2. The van der Waals surface area contributed by atoms with Gasteiger partial charge in [-0.25, -0.2) is 18.1 Å². The number of carbonyl (C=O) groups is 2. The van der Waals surface area contributed by atoms with E-state index in [2.05, 4.69) is 14.4 Å². The largest absolute Gasteiger partial charge is 0.573 e. The number of carbonyl (C=O) groups excluding carboxylic acids is 2. The number of imide groups is 1. The van der Waals surface area contributed by atoms with Crippen LogP contribution in [0.25, 0.3) is 0 Å². The summed E-state index contributed by atoms with van der Waals surface area (Å²) in [6.07, 6.45) is -1.39. The monoisotopic (exact) mass is 566 g/mol. The molecule has 5 rings (SSSR count). The lowest BCUT2D eigenvalue weighted by atomic mass is 10.1. The normalized spacial score (nSPS) is 16.7. The van der Waals surface area contributed by atoms with Gasteiger partial charge in [0, 0.05) is 11.2 Å². The summed E-state index contributed by atoms with van der Waals surface area (Å²) >= 11 is 5.84. The van der Waals surface area contributed by atoms with Crippen molar-refractivity contribution < 1.29 is 35.9 Å². The van der Waals surface area contributed by atoms with Crippen LogP contribution in [-0.2, 0) is 21.4 Å². The van der Waals surface area contributed by atoms with E-state index in [0.29, 0.717) is 23.4 Å². The molecule has 1 saturated heterocycles. The third-order valence-corrected chi connectivity index (χ3v) is 7.83. The number of hydrogen-bond acceptors (Lipinski definition) is 6.